The Balaban J connectivity index is 1.41. The average molecular weight is 638 g/mol. The first-order valence-electron chi connectivity index (χ1n) is 15.8. The summed E-state index contributed by atoms with van der Waals surface area (Å²) >= 11 is 0. The minimum Gasteiger partial charge on any atom is -0.463 e. The Hall–Kier alpha value is -6.01. The van der Waals surface area contributed by atoms with E-state index in [2.05, 4.69) is 36.7 Å². The number of dihydropyridines is 1. The van der Waals surface area contributed by atoms with Crippen LogP contribution in [0.5, 0.6) is 0 Å². The molecular formula is C39H35N5O4. The number of imidazole rings is 1. The molecule has 0 fully saturated rings. The number of aryl methyl sites for hydroxylation is 1. The van der Waals surface area contributed by atoms with Crippen LogP contribution in [-0.2, 0) is 19.1 Å². The van der Waals surface area contributed by atoms with Crippen LogP contribution in [0.3, 0.4) is 0 Å². The smallest absolute Gasteiger partial charge is 0.337 e. The Bertz CT molecular complexity index is 2090. The number of pyridine rings is 2. The predicted octanol–water partition coefficient (Wildman–Crippen LogP) is 6.29. The molecule has 2 unspecified atom stereocenters. The summed E-state index contributed by atoms with van der Waals surface area (Å²) in [7, 11) is 0. The summed E-state index contributed by atoms with van der Waals surface area (Å²) in [6.07, 6.45) is 6.80. The van der Waals surface area contributed by atoms with Crippen molar-refractivity contribution in [3.05, 3.63) is 137 Å². The first-order chi connectivity index (χ1) is 23.4. The Morgan fingerprint density at radius 1 is 0.896 bits per heavy atom. The molecule has 0 bridgehead atoms. The second-order valence-electron chi connectivity index (χ2n) is 11.4. The number of allylic oxidation sites excluding steroid dienone is 1. The molecule has 0 amide bonds. The Labute approximate surface area is 279 Å². The molecule has 2 atom stereocenters. The molecule has 240 valence electrons. The van der Waals surface area contributed by atoms with E-state index in [1.807, 2.05) is 87.5 Å². The van der Waals surface area contributed by atoms with Crippen LogP contribution in [0.1, 0.15) is 49.2 Å². The molecule has 6 rings (SSSR count). The van der Waals surface area contributed by atoms with E-state index in [4.69, 9.17) is 9.47 Å². The zero-order chi connectivity index (χ0) is 33.6. The van der Waals surface area contributed by atoms with Crippen LogP contribution in [-0.4, -0.2) is 44.7 Å². The SMILES string of the molecule is CCOC(=O)C1=C(c2ccc(-n3c(C)nc4cnccc43)cc2)NC(C)=C(C(=O)OCC#Cc2cccnc2)C1C(C)c1ccccc1. The van der Waals surface area contributed by atoms with E-state index in [9.17, 15) is 9.59 Å². The average Bonchev–Trinajstić information content (AvgIpc) is 3.45. The number of benzene rings is 2. The summed E-state index contributed by atoms with van der Waals surface area (Å²) in [5.74, 6) is 4.67. The van der Waals surface area contributed by atoms with Crippen molar-refractivity contribution in [2.24, 2.45) is 5.92 Å². The molecule has 1 aliphatic heterocycles. The van der Waals surface area contributed by atoms with E-state index in [0.717, 1.165) is 39.2 Å². The maximum atomic E-state index is 13.9. The van der Waals surface area contributed by atoms with Gasteiger partial charge in [0.25, 0.3) is 0 Å². The number of esters is 2. The maximum Gasteiger partial charge on any atom is 0.337 e. The molecule has 0 aliphatic carbocycles. The summed E-state index contributed by atoms with van der Waals surface area (Å²) in [5.41, 5.74) is 6.99. The molecule has 3 aromatic heterocycles. The highest BCUT2D eigenvalue weighted by Gasteiger charge is 2.41. The molecular weight excluding hydrogens is 602 g/mol. The fraction of sp³-hybridized carbons (Fsp3) is 0.205. The molecule has 9 heteroatoms. The summed E-state index contributed by atoms with van der Waals surface area (Å²) in [4.78, 5) is 40.7. The van der Waals surface area contributed by atoms with Crippen LogP contribution in [0.2, 0.25) is 0 Å². The third-order valence-corrected chi connectivity index (χ3v) is 8.36. The fourth-order valence-electron chi connectivity index (χ4n) is 6.16. The van der Waals surface area contributed by atoms with Crippen molar-refractivity contribution in [1.82, 2.24) is 24.8 Å². The number of rotatable bonds is 8. The van der Waals surface area contributed by atoms with Gasteiger partial charge in [0.15, 0.2) is 6.61 Å². The fourth-order valence-corrected chi connectivity index (χ4v) is 6.16. The van der Waals surface area contributed by atoms with Gasteiger partial charge in [-0.2, -0.15) is 0 Å². The first kappa shape index (κ1) is 32.0. The van der Waals surface area contributed by atoms with Gasteiger partial charge in [0.05, 0.1) is 35.2 Å². The molecule has 9 nitrogen and oxygen atoms in total. The zero-order valence-corrected chi connectivity index (χ0v) is 27.2. The molecule has 48 heavy (non-hydrogen) atoms. The van der Waals surface area contributed by atoms with Crippen molar-refractivity contribution in [1.29, 1.82) is 0 Å². The second kappa shape index (κ2) is 14.2. The van der Waals surface area contributed by atoms with E-state index >= 15 is 0 Å². The largest absolute Gasteiger partial charge is 0.463 e. The highest BCUT2D eigenvalue weighted by molar-refractivity contribution is 6.04. The molecule has 1 N–H and O–H groups in total. The van der Waals surface area contributed by atoms with Crippen molar-refractivity contribution >= 4 is 28.7 Å². The summed E-state index contributed by atoms with van der Waals surface area (Å²) < 4.78 is 13.4. The molecule has 0 radical (unpaired) electrons. The number of fused-ring (bicyclic) bond motifs is 1. The number of carbonyl (C=O) groups is 2. The first-order valence-corrected chi connectivity index (χ1v) is 15.8. The van der Waals surface area contributed by atoms with Crippen molar-refractivity contribution < 1.29 is 19.1 Å². The third-order valence-electron chi connectivity index (χ3n) is 8.36. The number of ether oxygens (including phenoxy) is 2. The van der Waals surface area contributed by atoms with Gasteiger partial charge in [0.1, 0.15) is 11.3 Å². The van der Waals surface area contributed by atoms with Crippen LogP contribution in [0.15, 0.2) is 114 Å². The number of hydrogen-bond acceptors (Lipinski definition) is 8. The minimum atomic E-state index is -0.673. The monoisotopic (exact) mass is 637 g/mol. The lowest BCUT2D eigenvalue weighted by molar-refractivity contribution is -0.139. The van der Waals surface area contributed by atoms with Crippen molar-refractivity contribution in [2.45, 2.75) is 33.6 Å². The normalized spacial score (nSPS) is 15.0. The van der Waals surface area contributed by atoms with Crippen LogP contribution in [0.4, 0.5) is 0 Å². The van der Waals surface area contributed by atoms with Crippen LogP contribution < -0.4 is 5.32 Å². The van der Waals surface area contributed by atoms with Crippen molar-refractivity contribution in [3.63, 3.8) is 0 Å². The topological polar surface area (TPSA) is 108 Å². The van der Waals surface area contributed by atoms with E-state index in [0.29, 0.717) is 22.5 Å². The van der Waals surface area contributed by atoms with Crippen molar-refractivity contribution in [3.8, 4) is 17.5 Å². The minimum absolute atomic E-state index is 0.123. The van der Waals surface area contributed by atoms with Gasteiger partial charge in [-0.3, -0.25) is 14.5 Å². The lowest BCUT2D eigenvalue weighted by atomic mass is 9.74. The molecule has 0 saturated heterocycles. The number of hydrogen-bond donors (Lipinski definition) is 1. The van der Waals surface area contributed by atoms with Gasteiger partial charge in [0.2, 0.25) is 0 Å². The van der Waals surface area contributed by atoms with Crippen LogP contribution >= 0.6 is 0 Å². The van der Waals surface area contributed by atoms with E-state index in [1.165, 1.54) is 0 Å². The Morgan fingerprint density at radius 3 is 2.38 bits per heavy atom. The Kier molecular flexibility index (Phi) is 9.44. The lowest BCUT2D eigenvalue weighted by Gasteiger charge is -2.35. The van der Waals surface area contributed by atoms with E-state index in [-0.39, 0.29) is 19.1 Å². The molecule has 4 heterocycles. The molecule has 0 spiro atoms. The number of nitrogens with one attached hydrogen (secondary N) is 1. The van der Waals surface area contributed by atoms with Gasteiger partial charge in [-0.25, -0.2) is 14.6 Å². The highest BCUT2D eigenvalue weighted by atomic mass is 16.5. The molecule has 0 saturated carbocycles. The van der Waals surface area contributed by atoms with Gasteiger partial charge in [-0.1, -0.05) is 61.2 Å². The van der Waals surface area contributed by atoms with Gasteiger partial charge < -0.3 is 14.8 Å². The maximum absolute atomic E-state index is 13.9. The van der Waals surface area contributed by atoms with Gasteiger partial charge in [-0.15, -0.1) is 0 Å². The molecule has 2 aromatic carbocycles. The van der Waals surface area contributed by atoms with E-state index in [1.54, 1.807) is 37.8 Å². The van der Waals surface area contributed by atoms with E-state index < -0.39 is 17.9 Å². The number of nitrogens with zero attached hydrogens (tertiary/aromatic N) is 4. The molecule has 5 aromatic rings. The van der Waals surface area contributed by atoms with Gasteiger partial charge in [-0.05, 0) is 68.1 Å². The van der Waals surface area contributed by atoms with Crippen LogP contribution in [0, 0.1) is 24.7 Å². The predicted molar refractivity (Wildman–Crippen MR) is 183 cm³/mol. The second-order valence-corrected chi connectivity index (χ2v) is 11.4. The quantitative estimate of drug-likeness (QED) is 0.156. The highest BCUT2D eigenvalue weighted by Crippen LogP contribution is 2.43. The number of aromatic nitrogens is 4. The van der Waals surface area contributed by atoms with Crippen LogP contribution in [0.25, 0.3) is 22.4 Å². The van der Waals surface area contributed by atoms with Crippen molar-refractivity contribution in [2.75, 3.05) is 13.2 Å². The summed E-state index contributed by atoms with van der Waals surface area (Å²) in [6, 6.07) is 23.3. The van der Waals surface area contributed by atoms with Gasteiger partial charge in [0, 0.05) is 41.5 Å². The number of carbonyl (C=O) groups excluding carboxylic acids is 2. The summed E-state index contributed by atoms with van der Waals surface area (Å²) in [6.45, 7) is 7.61. The third kappa shape index (κ3) is 6.46. The zero-order valence-electron chi connectivity index (χ0n) is 27.2. The lowest BCUT2D eigenvalue weighted by Crippen LogP contribution is -2.36. The summed E-state index contributed by atoms with van der Waals surface area (Å²) in [5, 5.41) is 3.39. The Morgan fingerprint density at radius 2 is 1.65 bits per heavy atom. The van der Waals surface area contributed by atoms with Gasteiger partial charge >= 0.3 is 11.9 Å². The molecule has 1 aliphatic rings. The standard InChI is InChI=1S/C39H35N5O4/c1-5-47-39(46)36-34(25(2)29-13-7-6-8-14-29)35(38(45)48-22-10-12-28-11-9-20-40-23-28)26(3)42-37(36)30-15-17-31(18-16-30)44-27(4)43-32-24-41-21-19-33(32)44/h6-9,11,13-21,23-25,34,42H,5,22H2,1-4H3.